The zero-order valence-corrected chi connectivity index (χ0v) is 19.4. The molecule has 0 aliphatic heterocycles. The number of nitrogens with one attached hydrogen (secondary N) is 2. The zero-order valence-electron chi connectivity index (χ0n) is 18.6. The standard InChI is InChI=1S/C25H28N2O4S/c1-25(12-13-25)22-16-19(21-5-4-14-26-24(21)28)15-18(23(22)31-2)9-6-17-7-10-20(11-8-17)27-32(3,29)30/h4-5,7-8,10-11,14-16,27H,6,9,12-13H2,1-3H3,(H,26,28). The number of anilines is 1. The molecule has 4 rings (SSSR count). The number of hydrogen-bond acceptors (Lipinski definition) is 4. The van der Waals surface area contributed by atoms with E-state index in [0.29, 0.717) is 11.3 Å². The summed E-state index contributed by atoms with van der Waals surface area (Å²) in [5, 5.41) is 0. The molecule has 1 fully saturated rings. The van der Waals surface area contributed by atoms with Crippen molar-refractivity contribution >= 4 is 15.7 Å². The molecule has 1 aliphatic carbocycles. The van der Waals surface area contributed by atoms with Crippen molar-refractivity contribution < 1.29 is 13.2 Å². The van der Waals surface area contributed by atoms with Crippen LogP contribution in [0.3, 0.4) is 0 Å². The Labute approximate surface area is 188 Å². The number of H-pyrrole nitrogens is 1. The summed E-state index contributed by atoms with van der Waals surface area (Å²) < 4.78 is 31.2. The maximum atomic E-state index is 12.4. The maximum absolute atomic E-state index is 12.4. The van der Waals surface area contributed by atoms with Gasteiger partial charge in [-0.3, -0.25) is 9.52 Å². The van der Waals surface area contributed by atoms with E-state index in [1.165, 1.54) is 0 Å². The van der Waals surface area contributed by atoms with Gasteiger partial charge in [0, 0.05) is 23.0 Å². The van der Waals surface area contributed by atoms with Crippen molar-refractivity contribution in [1.29, 1.82) is 0 Å². The van der Waals surface area contributed by atoms with Crippen LogP contribution in [0.5, 0.6) is 5.75 Å². The second-order valence-corrected chi connectivity index (χ2v) is 10.5. The average Bonchev–Trinajstić information content (AvgIpc) is 3.50. The van der Waals surface area contributed by atoms with Crippen LogP contribution >= 0.6 is 0 Å². The second-order valence-electron chi connectivity index (χ2n) is 8.76. The minimum absolute atomic E-state index is 0.0800. The normalized spacial score (nSPS) is 14.7. The monoisotopic (exact) mass is 452 g/mol. The Kier molecular flexibility index (Phi) is 5.86. The van der Waals surface area contributed by atoms with Gasteiger partial charge in [-0.2, -0.15) is 0 Å². The van der Waals surface area contributed by atoms with Crippen LogP contribution in [0.25, 0.3) is 11.1 Å². The molecule has 0 spiro atoms. The van der Waals surface area contributed by atoms with Gasteiger partial charge in [-0.05, 0) is 84.2 Å². The molecule has 0 saturated heterocycles. The third-order valence-electron chi connectivity index (χ3n) is 6.09. The van der Waals surface area contributed by atoms with Crippen molar-refractivity contribution in [3.63, 3.8) is 0 Å². The molecule has 0 unspecified atom stereocenters. The lowest BCUT2D eigenvalue weighted by Gasteiger charge is -2.20. The van der Waals surface area contributed by atoms with Crippen molar-refractivity contribution in [2.24, 2.45) is 0 Å². The summed E-state index contributed by atoms with van der Waals surface area (Å²) in [4.78, 5) is 15.2. The number of ether oxygens (including phenoxy) is 1. The third kappa shape index (κ3) is 4.88. The molecule has 6 nitrogen and oxygen atoms in total. The van der Waals surface area contributed by atoms with Gasteiger partial charge in [-0.15, -0.1) is 0 Å². The Balaban J connectivity index is 1.66. The molecule has 1 aromatic heterocycles. The molecular formula is C25H28N2O4S. The van der Waals surface area contributed by atoms with E-state index in [9.17, 15) is 13.2 Å². The highest BCUT2D eigenvalue weighted by molar-refractivity contribution is 7.92. The summed E-state index contributed by atoms with van der Waals surface area (Å²) in [7, 11) is -1.59. The van der Waals surface area contributed by atoms with Crippen LogP contribution in [-0.2, 0) is 28.3 Å². The first-order valence-electron chi connectivity index (χ1n) is 10.6. The molecule has 3 aromatic rings. The summed E-state index contributed by atoms with van der Waals surface area (Å²) in [6, 6.07) is 15.2. The molecule has 7 heteroatoms. The summed E-state index contributed by atoms with van der Waals surface area (Å²) in [6.07, 6.45) is 6.49. The molecule has 0 amide bonds. The quantitative estimate of drug-likeness (QED) is 0.535. The fourth-order valence-electron chi connectivity index (χ4n) is 4.06. The lowest BCUT2D eigenvalue weighted by atomic mass is 9.89. The molecule has 1 aliphatic rings. The van der Waals surface area contributed by atoms with Crippen LogP contribution in [0.1, 0.15) is 36.5 Å². The molecule has 1 saturated carbocycles. The number of sulfonamides is 1. The first-order chi connectivity index (χ1) is 15.2. The predicted molar refractivity (Wildman–Crippen MR) is 128 cm³/mol. The van der Waals surface area contributed by atoms with Gasteiger partial charge < -0.3 is 9.72 Å². The molecule has 2 N–H and O–H groups in total. The Morgan fingerprint density at radius 3 is 2.41 bits per heavy atom. The largest absolute Gasteiger partial charge is 0.496 e. The smallest absolute Gasteiger partial charge is 0.255 e. The Morgan fingerprint density at radius 1 is 1.09 bits per heavy atom. The van der Waals surface area contributed by atoms with Crippen molar-refractivity contribution in [2.75, 3.05) is 18.1 Å². The van der Waals surface area contributed by atoms with Gasteiger partial charge in [0.2, 0.25) is 10.0 Å². The highest BCUT2D eigenvalue weighted by Crippen LogP contribution is 2.52. The summed E-state index contributed by atoms with van der Waals surface area (Å²) >= 11 is 0. The first kappa shape index (κ1) is 22.1. The number of pyridine rings is 1. The van der Waals surface area contributed by atoms with Crippen LogP contribution in [0.15, 0.2) is 59.5 Å². The van der Waals surface area contributed by atoms with E-state index in [-0.39, 0.29) is 11.0 Å². The summed E-state index contributed by atoms with van der Waals surface area (Å²) in [5.41, 5.74) is 5.38. The SMILES string of the molecule is COc1c(CCc2ccc(NS(C)(=O)=O)cc2)cc(-c2ccc[nH]c2=O)cc1C1(C)CC1. The number of benzene rings is 2. The van der Waals surface area contributed by atoms with Gasteiger partial charge in [-0.1, -0.05) is 19.1 Å². The summed E-state index contributed by atoms with van der Waals surface area (Å²) in [6.45, 7) is 2.24. The number of aryl methyl sites for hydroxylation is 2. The Hall–Kier alpha value is -3.06. The molecule has 168 valence electrons. The molecule has 0 radical (unpaired) electrons. The van der Waals surface area contributed by atoms with Gasteiger partial charge in [0.05, 0.1) is 13.4 Å². The number of rotatable bonds is 8. The van der Waals surface area contributed by atoms with Crippen LogP contribution in [0, 0.1) is 0 Å². The average molecular weight is 453 g/mol. The summed E-state index contributed by atoms with van der Waals surface area (Å²) in [5.74, 6) is 0.900. The highest BCUT2D eigenvalue weighted by atomic mass is 32.2. The van der Waals surface area contributed by atoms with Crippen molar-refractivity contribution in [2.45, 2.75) is 38.0 Å². The first-order valence-corrected chi connectivity index (χ1v) is 12.5. The van der Waals surface area contributed by atoms with E-state index in [0.717, 1.165) is 59.9 Å². The van der Waals surface area contributed by atoms with Crippen LogP contribution < -0.4 is 15.0 Å². The zero-order chi connectivity index (χ0) is 22.9. The molecule has 0 bridgehead atoms. The number of aromatic amines is 1. The van der Waals surface area contributed by atoms with Crippen LogP contribution in [-0.4, -0.2) is 26.8 Å². The van der Waals surface area contributed by atoms with E-state index in [2.05, 4.69) is 28.8 Å². The molecule has 32 heavy (non-hydrogen) atoms. The Bertz CT molecular complexity index is 1290. The van der Waals surface area contributed by atoms with E-state index < -0.39 is 10.0 Å². The molecular weight excluding hydrogens is 424 g/mol. The topological polar surface area (TPSA) is 88.3 Å². The number of hydrogen-bond donors (Lipinski definition) is 2. The predicted octanol–water partition coefficient (Wildman–Crippen LogP) is 4.26. The van der Waals surface area contributed by atoms with Gasteiger partial charge in [-0.25, -0.2) is 8.42 Å². The van der Waals surface area contributed by atoms with Crippen molar-refractivity contribution in [3.05, 3.63) is 81.8 Å². The van der Waals surface area contributed by atoms with Crippen molar-refractivity contribution in [3.8, 4) is 16.9 Å². The van der Waals surface area contributed by atoms with E-state index in [1.807, 2.05) is 24.3 Å². The van der Waals surface area contributed by atoms with Crippen LogP contribution in [0.2, 0.25) is 0 Å². The van der Waals surface area contributed by atoms with Crippen LogP contribution in [0.4, 0.5) is 5.69 Å². The van der Waals surface area contributed by atoms with E-state index in [1.54, 1.807) is 25.4 Å². The van der Waals surface area contributed by atoms with Gasteiger partial charge in [0.25, 0.3) is 5.56 Å². The third-order valence-corrected chi connectivity index (χ3v) is 6.70. The fraction of sp³-hybridized carbons (Fsp3) is 0.320. The molecule has 1 heterocycles. The Morgan fingerprint density at radius 2 is 1.81 bits per heavy atom. The second kappa shape index (κ2) is 8.47. The highest BCUT2D eigenvalue weighted by Gasteiger charge is 2.42. The fourth-order valence-corrected chi connectivity index (χ4v) is 4.62. The van der Waals surface area contributed by atoms with E-state index >= 15 is 0 Å². The maximum Gasteiger partial charge on any atom is 0.255 e. The number of methoxy groups -OCH3 is 1. The van der Waals surface area contributed by atoms with E-state index in [4.69, 9.17) is 4.74 Å². The number of aromatic nitrogens is 1. The van der Waals surface area contributed by atoms with Gasteiger partial charge >= 0.3 is 0 Å². The van der Waals surface area contributed by atoms with Gasteiger partial charge in [0.1, 0.15) is 5.75 Å². The lowest BCUT2D eigenvalue weighted by Crippen LogP contribution is -2.11. The minimum atomic E-state index is -3.30. The lowest BCUT2D eigenvalue weighted by molar-refractivity contribution is 0.400. The van der Waals surface area contributed by atoms with Crippen molar-refractivity contribution in [1.82, 2.24) is 4.98 Å². The van der Waals surface area contributed by atoms with Gasteiger partial charge in [0.15, 0.2) is 0 Å². The molecule has 0 atom stereocenters. The minimum Gasteiger partial charge on any atom is -0.496 e. The molecule has 2 aromatic carbocycles.